The third-order valence-electron chi connectivity index (χ3n) is 2.17. The molecule has 2 aromatic rings. The van der Waals surface area contributed by atoms with Gasteiger partial charge in [-0.15, -0.1) is 0 Å². The van der Waals surface area contributed by atoms with E-state index in [4.69, 9.17) is 4.74 Å². The van der Waals surface area contributed by atoms with Crippen molar-refractivity contribution in [1.82, 2.24) is 0 Å². The molecule has 0 amide bonds. The van der Waals surface area contributed by atoms with Crippen LogP contribution in [0.15, 0.2) is 49.1 Å². The van der Waals surface area contributed by atoms with Crippen LogP contribution in [0, 0.1) is 0 Å². The van der Waals surface area contributed by atoms with Crippen molar-refractivity contribution in [2.24, 2.45) is 0 Å². The van der Waals surface area contributed by atoms with Gasteiger partial charge in [0.1, 0.15) is 0 Å². The highest BCUT2D eigenvalue weighted by molar-refractivity contribution is 5.09. The molecule has 0 saturated carbocycles. The number of aromatic hydroxyl groups is 2. The Kier molecular flexibility index (Phi) is 7.83. The van der Waals surface area contributed by atoms with Crippen molar-refractivity contribution in [3.63, 3.8) is 0 Å². The van der Waals surface area contributed by atoms with Crippen LogP contribution >= 0.6 is 0 Å². The Morgan fingerprint density at radius 3 is 1.63 bits per heavy atom. The maximum Gasteiger partial charge on any atom is 0.257 e. The first-order chi connectivity index (χ1) is 8.24. The SMILES string of the molecule is Oc1ccc[n+](COC[n+]2cccc(O)c2)c1.[Cl-].[Cl-]. The highest BCUT2D eigenvalue weighted by Crippen LogP contribution is 2.01. The lowest BCUT2D eigenvalue weighted by atomic mass is 10.4. The molecule has 0 aliphatic carbocycles. The van der Waals surface area contributed by atoms with E-state index in [0.717, 1.165) is 0 Å². The first-order valence-corrected chi connectivity index (χ1v) is 5.18. The third kappa shape index (κ3) is 5.74. The summed E-state index contributed by atoms with van der Waals surface area (Å²) in [7, 11) is 0. The standard InChI is InChI=1S/C12H12N2O3.2ClH/c15-11-3-1-5-13(7-11)9-17-10-14-6-2-4-12(16)8-14;;/h1-8H,9-10H2;2*1H. The van der Waals surface area contributed by atoms with Gasteiger partial charge in [0.25, 0.3) is 13.5 Å². The van der Waals surface area contributed by atoms with E-state index in [1.807, 2.05) is 0 Å². The highest BCUT2D eigenvalue weighted by atomic mass is 35.5. The summed E-state index contributed by atoms with van der Waals surface area (Å²) in [6, 6.07) is 6.67. The molecule has 0 unspecified atom stereocenters. The Morgan fingerprint density at radius 2 is 1.26 bits per heavy atom. The van der Waals surface area contributed by atoms with Gasteiger partial charge in [0, 0.05) is 12.1 Å². The molecular weight excluding hydrogens is 291 g/mol. The average Bonchev–Trinajstić information content (AvgIpc) is 2.29. The van der Waals surface area contributed by atoms with Crippen LogP contribution in [-0.4, -0.2) is 10.2 Å². The van der Waals surface area contributed by atoms with Crippen LogP contribution in [0.5, 0.6) is 11.5 Å². The monoisotopic (exact) mass is 304 g/mol. The molecule has 19 heavy (non-hydrogen) atoms. The molecule has 0 bridgehead atoms. The van der Waals surface area contributed by atoms with Crippen molar-refractivity contribution in [3.8, 4) is 11.5 Å². The molecule has 0 fully saturated rings. The number of rotatable bonds is 4. The van der Waals surface area contributed by atoms with Gasteiger partial charge in [-0.1, -0.05) is 0 Å². The fourth-order valence-electron chi connectivity index (χ4n) is 1.43. The van der Waals surface area contributed by atoms with Crippen molar-refractivity contribution in [2.75, 3.05) is 0 Å². The fourth-order valence-corrected chi connectivity index (χ4v) is 1.43. The molecule has 0 aliphatic heterocycles. The number of hydrogen-bond donors (Lipinski definition) is 2. The van der Waals surface area contributed by atoms with Crippen LogP contribution < -0.4 is 33.9 Å². The summed E-state index contributed by atoms with van der Waals surface area (Å²) in [6.45, 7) is 0.661. The zero-order chi connectivity index (χ0) is 12.1. The number of ether oxygens (including phenoxy) is 1. The molecule has 2 rings (SSSR count). The molecule has 5 nitrogen and oxygen atoms in total. The van der Waals surface area contributed by atoms with E-state index in [-0.39, 0.29) is 36.3 Å². The van der Waals surface area contributed by atoms with Gasteiger partial charge in [0.15, 0.2) is 23.9 Å². The van der Waals surface area contributed by atoms with E-state index < -0.39 is 0 Å². The molecule has 0 atom stereocenters. The predicted octanol–water partition coefficient (Wildman–Crippen LogP) is -5.69. The van der Waals surface area contributed by atoms with E-state index in [1.54, 1.807) is 58.2 Å². The lowest BCUT2D eigenvalue weighted by molar-refractivity contribution is -0.788. The number of hydrogen-bond acceptors (Lipinski definition) is 3. The van der Waals surface area contributed by atoms with Gasteiger partial charge in [-0.25, -0.2) is 0 Å². The maximum absolute atomic E-state index is 9.25. The predicted molar refractivity (Wildman–Crippen MR) is 57.7 cm³/mol. The summed E-state index contributed by atoms with van der Waals surface area (Å²) in [5, 5.41) is 18.5. The van der Waals surface area contributed by atoms with E-state index in [2.05, 4.69) is 0 Å². The lowest BCUT2D eigenvalue weighted by Gasteiger charge is -1.98. The minimum Gasteiger partial charge on any atom is -1.00 e. The van der Waals surface area contributed by atoms with Crippen molar-refractivity contribution >= 4 is 0 Å². The van der Waals surface area contributed by atoms with E-state index in [1.165, 1.54) is 0 Å². The first kappa shape index (κ1) is 17.4. The van der Waals surface area contributed by atoms with Gasteiger partial charge in [-0.05, 0) is 12.1 Å². The zero-order valence-corrected chi connectivity index (χ0v) is 11.5. The summed E-state index contributed by atoms with van der Waals surface area (Å²) in [4.78, 5) is 0. The quantitative estimate of drug-likeness (QED) is 0.554. The molecule has 2 aromatic heterocycles. The van der Waals surface area contributed by atoms with E-state index >= 15 is 0 Å². The summed E-state index contributed by atoms with van der Waals surface area (Å²) in [5.74, 6) is 0.391. The van der Waals surface area contributed by atoms with Crippen molar-refractivity contribution < 1.29 is 48.9 Å². The second-order valence-electron chi connectivity index (χ2n) is 3.62. The number of halogens is 2. The normalized spacial score (nSPS) is 9.26. The summed E-state index contributed by atoms with van der Waals surface area (Å²) in [5.41, 5.74) is 0. The Balaban J connectivity index is 0.00000162. The largest absolute Gasteiger partial charge is 1.00 e. The van der Waals surface area contributed by atoms with Gasteiger partial charge in [0.2, 0.25) is 12.4 Å². The van der Waals surface area contributed by atoms with Gasteiger partial charge in [-0.2, -0.15) is 9.13 Å². The number of nitrogens with zero attached hydrogens (tertiary/aromatic N) is 2. The topological polar surface area (TPSA) is 57.5 Å². The van der Waals surface area contributed by atoms with Crippen LogP contribution in [0.2, 0.25) is 0 Å². The zero-order valence-electron chi connectivity index (χ0n) is 9.99. The smallest absolute Gasteiger partial charge is 0.257 e. The maximum atomic E-state index is 9.25. The van der Waals surface area contributed by atoms with Gasteiger partial charge in [-0.3, -0.25) is 4.74 Å². The minimum atomic E-state index is 0. The molecule has 2 N–H and O–H groups in total. The van der Waals surface area contributed by atoms with Crippen LogP contribution in [0.4, 0.5) is 0 Å². The molecule has 0 radical (unpaired) electrons. The number of pyridine rings is 2. The Morgan fingerprint density at radius 1 is 0.842 bits per heavy atom. The molecule has 7 heteroatoms. The second kappa shape index (κ2) is 8.53. The van der Waals surface area contributed by atoms with E-state index in [9.17, 15) is 10.2 Å². The average molecular weight is 305 g/mol. The summed E-state index contributed by atoms with van der Waals surface area (Å²) in [6.07, 6.45) is 6.75. The van der Waals surface area contributed by atoms with Crippen LogP contribution in [0.1, 0.15) is 0 Å². The van der Waals surface area contributed by atoms with Crippen molar-refractivity contribution in [2.45, 2.75) is 13.5 Å². The van der Waals surface area contributed by atoms with E-state index in [0.29, 0.717) is 13.5 Å². The fraction of sp³-hybridized carbons (Fsp3) is 0.167. The molecule has 2 heterocycles. The first-order valence-electron chi connectivity index (χ1n) is 5.18. The molecule has 0 aromatic carbocycles. The van der Waals surface area contributed by atoms with Crippen LogP contribution in [0.3, 0.4) is 0 Å². The van der Waals surface area contributed by atoms with Gasteiger partial charge in [0.05, 0.1) is 0 Å². The molecular formula is C12H14Cl2N2O3. The Labute approximate surface area is 123 Å². The summed E-state index contributed by atoms with van der Waals surface area (Å²) >= 11 is 0. The number of aromatic nitrogens is 2. The van der Waals surface area contributed by atoms with Gasteiger partial charge < -0.3 is 35.0 Å². The molecule has 0 spiro atoms. The third-order valence-corrected chi connectivity index (χ3v) is 2.17. The highest BCUT2D eigenvalue weighted by Gasteiger charge is 2.05. The van der Waals surface area contributed by atoms with Crippen LogP contribution in [0.25, 0.3) is 0 Å². The minimum absolute atomic E-state index is 0. The lowest BCUT2D eigenvalue weighted by Crippen LogP contribution is -3.00. The van der Waals surface area contributed by atoms with Crippen molar-refractivity contribution in [1.29, 1.82) is 0 Å². The van der Waals surface area contributed by atoms with Crippen molar-refractivity contribution in [3.05, 3.63) is 49.1 Å². The van der Waals surface area contributed by atoms with Gasteiger partial charge >= 0.3 is 0 Å². The Hall–Kier alpha value is -1.56. The molecule has 0 aliphatic rings. The molecule has 0 saturated heterocycles. The second-order valence-corrected chi connectivity index (χ2v) is 3.62. The Bertz CT molecular complexity index is 466. The summed E-state index contributed by atoms with van der Waals surface area (Å²) < 4.78 is 8.86. The van der Waals surface area contributed by atoms with Crippen LogP contribution in [-0.2, 0) is 18.2 Å². The molecule has 104 valence electrons.